The van der Waals surface area contributed by atoms with Crippen LogP contribution in [0.15, 0.2) is 34.4 Å². The molecular weight excluding hydrogens is 284 g/mol. The highest BCUT2D eigenvalue weighted by Crippen LogP contribution is 2.09. The Kier molecular flexibility index (Phi) is 4.39. The van der Waals surface area contributed by atoms with E-state index in [1.165, 1.54) is 4.57 Å². The zero-order valence-corrected chi connectivity index (χ0v) is 11.9. The molecule has 0 aliphatic heterocycles. The number of benzene rings is 1. The molecule has 0 spiro atoms. The van der Waals surface area contributed by atoms with Gasteiger partial charge in [-0.05, 0) is 24.6 Å². The third kappa shape index (κ3) is 3.68. The van der Waals surface area contributed by atoms with Crippen LogP contribution < -0.4 is 10.2 Å². The van der Waals surface area contributed by atoms with Gasteiger partial charge in [0.2, 0.25) is 5.91 Å². The number of thiazole rings is 1. The van der Waals surface area contributed by atoms with Gasteiger partial charge in [0.15, 0.2) is 0 Å². The second kappa shape index (κ2) is 6.04. The van der Waals surface area contributed by atoms with Crippen molar-refractivity contribution < 1.29 is 4.79 Å². The molecule has 2 rings (SSSR count). The summed E-state index contributed by atoms with van der Waals surface area (Å²) in [7, 11) is 0. The minimum absolute atomic E-state index is 0.0573. The van der Waals surface area contributed by atoms with E-state index in [4.69, 9.17) is 11.6 Å². The molecule has 0 saturated heterocycles. The molecule has 1 N–H and O–H groups in total. The summed E-state index contributed by atoms with van der Waals surface area (Å²) in [5.74, 6) is -0.182. The first-order valence-electron chi connectivity index (χ1n) is 5.72. The van der Waals surface area contributed by atoms with Gasteiger partial charge in [-0.15, -0.1) is 0 Å². The van der Waals surface area contributed by atoms with Crippen LogP contribution in [0.1, 0.15) is 11.3 Å². The Hall–Kier alpha value is -1.59. The Balaban J connectivity index is 1.92. The minimum atomic E-state index is -0.182. The zero-order chi connectivity index (χ0) is 13.8. The van der Waals surface area contributed by atoms with Crippen molar-refractivity contribution in [1.29, 1.82) is 0 Å². The van der Waals surface area contributed by atoms with Crippen LogP contribution in [-0.4, -0.2) is 10.5 Å². The number of halogens is 1. The molecule has 6 heteroatoms. The van der Waals surface area contributed by atoms with Crippen molar-refractivity contribution in [3.8, 4) is 0 Å². The number of aromatic nitrogens is 1. The molecule has 0 unspecified atom stereocenters. The molecule has 1 amide bonds. The Morgan fingerprint density at radius 1 is 1.37 bits per heavy atom. The summed E-state index contributed by atoms with van der Waals surface area (Å²) >= 11 is 6.88. The predicted molar refractivity (Wildman–Crippen MR) is 76.6 cm³/mol. The average molecular weight is 297 g/mol. The molecule has 0 aliphatic rings. The van der Waals surface area contributed by atoms with Crippen LogP contribution in [0.5, 0.6) is 0 Å². The summed E-state index contributed by atoms with van der Waals surface area (Å²) in [6.07, 6.45) is 0. The van der Waals surface area contributed by atoms with E-state index >= 15 is 0 Å². The lowest BCUT2D eigenvalue weighted by atomic mass is 10.2. The van der Waals surface area contributed by atoms with Gasteiger partial charge in [0.05, 0.1) is 0 Å². The molecule has 1 aromatic carbocycles. The first-order valence-corrected chi connectivity index (χ1v) is 6.98. The standard InChI is InChI=1S/C13H13ClN2O2S/c1-9-8-19-13(18)16(9)7-12(17)15-6-10-2-4-11(14)5-3-10/h2-5,8H,6-7H2,1H3,(H,15,17). The average Bonchev–Trinajstić information content (AvgIpc) is 2.70. The number of carbonyl (C=O) groups excluding carboxylic acids is 1. The zero-order valence-electron chi connectivity index (χ0n) is 10.4. The van der Waals surface area contributed by atoms with Gasteiger partial charge in [0.25, 0.3) is 0 Å². The van der Waals surface area contributed by atoms with Crippen LogP contribution >= 0.6 is 22.9 Å². The number of carbonyl (C=O) groups is 1. The minimum Gasteiger partial charge on any atom is -0.350 e. The Labute approximate surface area is 119 Å². The van der Waals surface area contributed by atoms with Crippen LogP contribution in [0, 0.1) is 6.92 Å². The number of rotatable bonds is 4. The highest BCUT2D eigenvalue weighted by atomic mass is 35.5. The fourth-order valence-corrected chi connectivity index (χ4v) is 2.46. The molecule has 100 valence electrons. The SMILES string of the molecule is Cc1csc(=O)n1CC(=O)NCc1ccc(Cl)cc1. The number of aryl methyl sites for hydroxylation is 1. The second-order valence-electron chi connectivity index (χ2n) is 4.13. The molecule has 0 aliphatic carbocycles. The van der Waals surface area contributed by atoms with Crippen LogP contribution in [-0.2, 0) is 17.9 Å². The van der Waals surface area contributed by atoms with Crippen LogP contribution in [0.25, 0.3) is 0 Å². The van der Waals surface area contributed by atoms with Crippen molar-refractivity contribution in [2.24, 2.45) is 0 Å². The number of hydrogen-bond donors (Lipinski definition) is 1. The molecule has 0 bridgehead atoms. The molecule has 0 saturated carbocycles. The van der Waals surface area contributed by atoms with Gasteiger partial charge in [-0.1, -0.05) is 35.1 Å². The number of hydrogen-bond acceptors (Lipinski definition) is 3. The second-order valence-corrected chi connectivity index (χ2v) is 5.39. The topological polar surface area (TPSA) is 51.1 Å². The summed E-state index contributed by atoms with van der Waals surface area (Å²) in [4.78, 5) is 23.1. The molecule has 4 nitrogen and oxygen atoms in total. The van der Waals surface area contributed by atoms with E-state index in [2.05, 4.69) is 5.32 Å². The van der Waals surface area contributed by atoms with Crippen LogP contribution in [0.4, 0.5) is 0 Å². The van der Waals surface area contributed by atoms with Gasteiger partial charge in [0.1, 0.15) is 6.54 Å². The van der Waals surface area contributed by atoms with Crippen molar-refractivity contribution in [1.82, 2.24) is 9.88 Å². The maximum absolute atomic E-state index is 11.8. The number of nitrogens with zero attached hydrogens (tertiary/aromatic N) is 1. The van der Waals surface area contributed by atoms with Crippen molar-refractivity contribution >= 4 is 28.8 Å². The van der Waals surface area contributed by atoms with Crippen LogP contribution in [0.3, 0.4) is 0 Å². The van der Waals surface area contributed by atoms with Gasteiger partial charge < -0.3 is 5.32 Å². The van der Waals surface area contributed by atoms with Crippen molar-refractivity contribution in [2.75, 3.05) is 0 Å². The van der Waals surface area contributed by atoms with E-state index in [9.17, 15) is 9.59 Å². The smallest absolute Gasteiger partial charge is 0.307 e. The van der Waals surface area contributed by atoms with Crippen molar-refractivity contribution in [3.05, 3.63) is 55.6 Å². The molecule has 1 aromatic heterocycles. The van der Waals surface area contributed by atoms with E-state index < -0.39 is 0 Å². The van der Waals surface area contributed by atoms with Crippen LogP contribution in [0.2, 0.25) is 5.02 Å². The third-order valence-electron chi connectivity index (χ3n) is 2.68. The Morgan fingerprint density at radius 3 is 2.63 bits per heavy atom. The van der Waals surface area contributed by atoms with E-state index in [0.717, 1.165) is 22.6 Å². The largest absolute Gasteiger partial charge is 0.350 e. The molecule has 0 radical (unpaired) electrons. The summed E-state index contributed by atoms with van der Waals surface area (Å²) in [5.41, 5.74) is 1.77. The lowest BCUT2D eigenvalue weighted by molar-refractivity contribution is -0.121. The van der Waals surface area contributed by atoms with Gasteiger partial charge in [0, 0.05) is 22.6 Å². The molecule has 2 aromatic rings. The van der Waals surface area contributed by atoms with Crippen molar-refractivity contribution in [2.45, 2.75) is 20.0 Å². The van der Waals surface area contributed by atoms with Gasteiger partial charge in [-0.25, -0.2) is 0 Å². The highest BCUT2D eigenvalue weighted by Gasteiger charge is 2.07. The summed E-state index contributed by atoms with van der Waals surface area (Å²) in [6.45, 7) is 2.29. The summed E-state index contributed by atoms with van der Waals surface area (Å²) < 4.78 is 1.46. The first-order chi connectivity index (χ1) is 9.06. The van der Waals surface area contributed by atoms with E-state index in [1.807, 2.05) is 19.1 Å². The van der Waals surface area contributed by atoms with E-state index in [1.54, 1.807) is 17.5 Å². The Bertz CT molecular complexity index is 631. The van der Waals surface area contributed by atoms with E-state index in [0.29, 0.717) is 11.6 Å². The quantitative estimate of drug-likeness (QED) is 0.940. The van der Waals surface area contributed by atoms with Gasteiger partial charge >= 0.3 is 4.87 Å². The molecule has 0 fully saturated rings. The first kappa shape index (κ1) is 13.8. The molecular formula is C13H13ClN2O2S. The number of amides is 1. The fourth-order valence-electron chi connectivity index (χ4n) is 1.60. The summed E-state index contributed by atoms with van der Waals surface area (Å²) in [6, 6.07) is 7.25. The Morgan fingerprint density at radius 2 is 2.05 bits per heavy atom. The molecule has 19 heavy (non-hydrogen) atoms. The molecule has 0 atom stereocenters. The lowest BCUT2D eigenvalue weighted by Crippen LogP contribution is -2.30. The normalized spacial score (nSPS) is 10.4. The third-order valence-corrected chi connectivity index (χ3v) is 3.81. The number of nitrogens with one attached hydrogen (secondary N) is 1. The van der Waals surface area contributed by atoms with Gasteiger partial charge in [-0.2, -0.15) is 0 Å². The van der Waals surface area contributed by atoms with Crippen molar-refractivity contribution in [3.63, 3.8) is 0 Å². The molecule has 1 heterocycles. The lowest BCUT2D eigenvalue weighted by Gasteiger charge is -2.07. The predicted octanol–water partition coefficient (Wildman–Crippen LogP) is 2.19. The van der Waals surface area contributed by atoms with E-state index in [-0.39, 0.29) is 17.3 Å². The monoisotopic (exact) mass is 296 g/mol. The summed E-state index contributed by atoms with van der Waals surface area (Å²) in [5, 5.41) is 5.18. The maximum Gasteiger partial charge on any atom is 0.307 e. The maximum atomic E-state index is 11.8. The van der Waals surface area contributed by atoms with Gasteiger partial charge in [-0.3, -0.25) is 14.2 Å². The fraction of sp³-hybridized carbons (Fsp3) is 0.231. The highest BCUT2D eigenvalue weighted by molar-refractivity contribution is 7.07.